The third-order valence-electron chi connectivity index (χ3n) is 7.89. The summed E-state index contributed by atoms with van der Waals surface area (Å²) in [6.45, 7) is 0.959. The van der Waals surface area contributed by atoms with Crippen LogP contribution in [0.5, 0.6) is 5.75 Å². The lowest BCUT2D eigenvalue weighted by Crippen LogP contribution is -2.54. The lowest BCUT2D eigenvalue weighted by molar-refractivity contribution is -0.145. The highest BCUT2D eigenvalue weighted by atomic mass is 19.4. The van der Waals surface area contributed by atoms with Gasteiger partial charge in [0.15, 0.2) is 0 Å². The van der Waals surface area contributed by atoms with E-state index in [2.05, 4.69) is 10.3 Å². The number of aromatic nitrogens is 1. The van der Waals surface area contributed by atoms with Gasteiger partial charge in [-0.15, -0.1) is 0 Å². The quantitative estimate of drug-likeness (QED) is 0.154. The fourth-order valence-corrected chi connectivity index (χ4v) is 5.57. The van der Waals surface area contributed by atoms with Crippen molar-refractivity contribution < 1.29 is 32.2 Å². The number of nitrogens with two attached hydrogens (primary N) is 1. The van der Waals surface area contributed by atoms with Crippen molar-refractivity contribution in [2.24, 2.45) is 5.73 Å². The van der Waals surface area contributed by atoms with Crippen molar-refractivity contribution in [3.05, 3.63) is 95.2 Å². The lowest BCUT2D eigenvalue weighted by Gasteiger charge is -2.37. The van der Waals surface area contributed by atoms with Crippen molar-refractivity contribution >= 4 is 28.5 Å². The number of para-hydroxylation sites is 1. The number of halogens is 3. The Kier molecular flexibility index (Phi) is 9.43. The Hall–Kier alpha value is -4.51. The van der Waals surface area contributed by atoms with E-state index in [9.17, 15) is 22.8 Å². The average Bonchev–Trinajstić information content (AvgIpc) is 3.40. The molecule has 1 aliphatic heterocycles. The number of methoxy groups -OCH3 is 1. The lowest BCUT2D eigenvalue weighted by atomic mass is 9.95. The summed E-state index contributed by atoms with van der Waals surface area (Å²) in [6.07, 6.45) is -2.21. The van der Waals surface area contributed by atoms with Gasteiger partial charge in [0.2, 0.25) is 5.91 Å². The molecular formula is C33H35F3N4O4. The molecule has 4 aromatic rings. The number of benzene rings is 3. The van der Waals surface area contributed by atoms with Gasteiger partial charge in [0.1, 0.15) is 24.4 Å². The number of carbonyl (C=O) groups excluding carboxylic acids is 2. The first-order valence-electron chi connectivity index (χ1n) is 14.5. The Balaban J connectivity index is 1.40. The second kappa shape index (κ2) is 13.4. The van der Waals surface area contributed by atoms with Gasteiger partial charge in [-0.25, -0.2) is 4.79 Å². The summed E-state index contributed by atoms with van der Waals surface area (Å²) >= 11 is 0. The van der Waals surface area contributed by atoms with Gasteiger partial charge in [-0.2, -0.15) is 13.2 Å². The monoisotopic (exact) mass is 608 g/mol. The Morgan fingerprint density at radius 2 is 1.84 bits per heavy atom. The molecular weight excluding hydrogens is 573 g/mol. The van der Waals surface area contributed by atoms with Crippen LogP contribution >= 0.6 is 0 Å². The number of H-pyrrole nitrogens is 1. The molecule has 0 saturated carbocycles. The largest absolute Gasteiger partial charge is 0.489 e. The van der Waals surface area contributed by atoms with Crippen LogP contribution in [0, 0.1) is 0 Å². The molecule has 0 radical (unpaired) electrons. The fraction of sp³-hybridized carbons (Fsp3) is 0.333. The zero-order chi connectivity index (χ0) is 31.3. The van der Waals surface area contributed by atoms with E-state index in [1.54, 1.807) is 18.2 Å². The Morgan fingerprint density at radius 3 is 2.57 bits per heavy atom. The van der Waals surface area contributed by atoms with E-state index in [0.29, 0.717) is 43.7 Å². The zero-order valence-electron chi connectivity index (χ0n) is 24.3. The summed E-state index contributed by atoms with van der Waals surface area (Å²) in [7, 11) is 1.30. The normalized spacial score (nSPS) is 15.5. The van der Waals surface area contributed by atoms with Crippen molar-refractivity contribution in [2.75, 3.05) is 18.6 Å². The summed E-state index contributed by atoms with van der Waals surface area (Å²) in [6, 6.07) is 18.5. The zero-order valence-corrected chi connectivity index (χ0v) is 24.3. The van der Waals surface area contributed by atoms with Crippen LogP contribution in [-0.4, -0.2) is 42.6 Å². The first-order chi connectivity index (χ1) is 21.2. The van der Waals surface area contributed by atoms with Gasteiger partial charge in [-0.3, -0.25) is 4.79 Å². The highest BCUT2D eigenvalue weighted by molar-refractivity contribution is 5.92. The molecule has 0 fully saturated rings. The van der Waals surface area contributed by atoms with Crippen LogP contribution in [0.3, 0.4) is 0 Å². The topological polar surface area (TPSA) is 110 Å². The minimum atomic E-state index is -4.41. The maximum Gasteiger partial charge on any atom is 0.416 e. The molecule has 2 heterocycles. The highest BCUT2D eigenvalue weighted by Crippen LogP contribution is 2.35. The SMILES string of the molecule is COC(=O)C(CCCCN)NC(=O)C1Cc2c([nH]c3ccccc23)CN1c1cccc(OCc2ccc(C(F)(F)F)cc2)c1. The van der Waals surface area contributed by atoms with Gasteiger partial charge in [-0.1, -0.05) is 36.4 Å². The molecule has 2 unspecified atom stereocenters. The second-order valence-corrected chi connectivity index (χ2v) is 10.8. The predicted octanol–water partition coefficient (Wildman–Crippen LogP) is 5.48. The number of fused-ring (bicyclic) bond motifs is 3. The van der Waals surface area contributed by atoms with E-state index in [1.807, 2.05) is 35.2 Å². The molecule has 1 amide bonds. The van der Waals surface area contributed by atoms with Crippen molar-refractivity contribution in [3.8, 4) is 5.75 Å². The average molecular weight is 609 g/mol. The Labute approximate surface area is 253 Å². The molecule has 5 rings (SSSR count). The predicted molar refractivity (Wildman–Crippen MR) is 161 cm³/mol. The number of aromatic amines is 1. The number of amides is 1. The summed E-state index contributed by atoms with van der Waals surface area (Å²) in [5, 5.41) is 3.97. The summed E-state index contributed by atoms with van der Waals surface area (Å²) in [5.74, 6) is -0.317. The van der Waals surface area contributed by atoms with Gasteiger partial charge in [-0.05, 0) is 67.3 Å². The minimum Gasteiger partial charge on any atom is -0.489 e. The third kappa shape index (κ3) is 6.99. The maximum absolute atomic E-state index is 13.9. The number of nitrogens with one attached hydrogen (secondary N) is 2. The Bertz CT molecular complexity index is 1600. The van der Waals surface area contributed by atoms with Gasteiger partial charge < -0.3 is 30.4 Å². The molecule has 0 saturated heterocycles. The molecule has 11 heteroatoms. The number of esters is 1. The van der Waals surface area contributed by atoms with Crippen LogP contribution in [-0.2, 0) is 40.1 Å². The molecule has 232 valence electrons. The van der Waals surface area contributed by atoms with E-state index in [-0.39, 0.29) is 12.5 Å². The first kappa shape index (κ1) is 30.9. The van der Waals surface area contributed by atoms with Crippen LogP contribution in [0.2, 0.25) is 0 Å². The molecule has 4 N–H and O–H groups in total. The molecule has 1 aliphatic rings. The summed E-state index contributed by atoms with van der Waals surface area (Å²) < 4.78 is 49.7. The van der Waals surface area contributed by atoms with Crippen LogP contribution in [0.1, 0.15) is 41.6 Å². The van der Waals surface area contributed by atoms with Gasteiger partial charge in [0.25, 0.3) is 0 Å². The van der Waals surface area contributed by atoms with Crippen molar-refractivity contribution in [2.45, 2.75) is 57.1 Å². The fourth-order valence-electron chi connectivity index (χ4n) is 5.57. The number of carbonyl (C=O) groups is 2. The molecule has 0 aliphatic carbocycles. The number of ether oxygens (including phenoxy) is 2. The van der Waals surface area contributed by atoms with Gasteiger partial charge in [0.05, 0.1) is 19.2 Å². The van der Waals surface area contributed by atoms with Crippen LogP contribution in [0.4, 0.5) is 18.9 Å². The van der Waals surface area contributed by atoms with E-state index in [0.717, 1.165) is 46.4 Å². The number of hydrogen-bond donors (Lipinski definition) is 3. The van der Waals surface area contributed by atoms with E-state index in [4.69, 9.17) is 15.2 Å². The number of unbranched alkanes of at least 4 members (excludes halogenated alkanes) is 1. The highest BCUT2D eigenvalue weighted by Gasteiger charge is 2.36. The third-order valence-corrected chi connectivity index (χ3v) is 7.89. The maximum atomic E-state index is 13.9. The van der Waals surface area contributed by atoms with Gasteiger partial charge in [0, 0.05) is 34.8 Å². The van der Waals surface area contributed by atoms with Crippen LogP contribution in [0.25, 0.3) is 10.9 Å². The minimum absolute atomic E-state index is 0.0707. The first-order valence-corrected chi connectivity index (χ1v) is 14.5. The number of hydrogen-bond acceptors (Lipinski definition) is 6. The second-order valence-electron chi connectivity index (χ2n) is 10.8. The molecule has 3 aromatic carbocycles. The molecule has 2 atom stereocenters. The summed E-state index contributed by atoms with van der Waals surface area (Å²) in [5.41, 5.74) is 9.22. The summed E-state index contributed by atoms with van der Waals surface area (Å²) in [4.78, 5) is 31.9. The molecule has 0 spiro atoms. The van der Waals surface area contributed by atoms with E-state index >= 15 is 0 Å². The van der Waals surface area contributed by atoms with Crippen LogP contribution in [0.15, 0.2) is 72.8 Å². The molecule has 1 aromatic heterocycles. The van der Waals surface area contributed by atoms with Crippen molar-refractivity contribution in [1.29, 1.82) is 0 Å². The number of alkyl halides is 3. The van der Waals surface area contributed by atoms with Crippen molar-refractivity contribution in [1.82, 2.24) is 10.3 Å². The number of nitrogens with zero attached hydrogens (tertiary/aromatic N) is 1. The van der Waals surface area contributed by atoms with Gasteiger partial charge >= 0.3 is 12.1 Å². The molecule has 44 heavy (non-hydrogen) atoms. The number of rotatable bonds is 11. The molecule has 8 nitrogen and oxygen atoms in total. The van der Waals surface area contributed by atoms with E-state index < -0.39 is 29.8 Å². The number of anilines is 1. The van der Waals surface area contributed by atoms with Crippen LogP contribution < -0.4 is 20.7 Å². The standard InChI is InChI=1S/C33H35F3N4O4/c1-43-32(42)28(11-4-5-16-37)39-31(41)30-18-26-25-9-2-3-10-27(25)38-29(26)19-40(30)23-7-6-8-24(17-23)44-20-21-12-14-22(15-13-21)33(34,35)36/h2-3,6-10,12-15,17,28,30,38H,4-5,11,16,18-20,37H2,1H3,(H,39,41). The Morgan fingerprint density at radius 1 is 1.07 bits per heavy atom. The smallest absolute Gasteiger partial charge is 0.416 e. The molecule has 0 bridgehead atoms. The van der Waals surface area contributed by atoms with Crippen molar-refractivity contribution in [3.63, 3.8) is 0 Å². The van der Waals surface area contributed by atoms with E-state index in [1.165, 1.54) is 19.2 Å².